The summed E-state index contributed by atoms with van der Waals surface area (Å²) < 4.78 is 5.58. The molecule has 0 unspecified atom stereocenters. The molecule has 2 aromatic rings. The summed E-state index contributed by atoms with van der Waals surface area (Å²) >= 11 is 1.82. The summed E-state index contributed by atoms with van der Waals surface area (Å²) in [5.41, 5.74) is 1.26. The highest BCUT2D eigenvalue weighted by atomic mass is 35.5. The Kier molecular flexibility index (Phi) is 8.21. The highest BCUT2D eigenvalue weighted by Crippen LogP contribution is 2.36. The average Bonchev–Trinajstić information content (AvgIpc) is 3.03. The van der Waals surface area contributed by atoms with Gasteiger partial charge in [0, 0.05) is 36.6 Å². The molecular weight excluding hydrogens is 339 g/mol. The molecule has 0 aliphatic carbocycles. The summed E-state index contributed by atoms with van der Waals surface area (Å²) in [5, 5.41) is 5.58. The summed E-state index contributed by atoms with van der Waals surface area (Å²) in [4.78, 5) is 3.93. The van der Waals surface area contributed by atoms with Crippen molar-refractivity contribution in [1.29, 1.82) is 0 Å². The van der Waals surface area contributed by atoms with E-state index in [1.54, 1.807) is 7.11 Å². The molecule has 0 saturated carbocycles. The Morgan fingerprint density at radius 1 is 1.09 bits per heavy atom. The third-order valence-electron chi connectivity index (χ3n) is 3.76. The second-order valence-electron chi connectivity index (χ2n) is 4.95. The highest BCUT2D eigenvalue weighted by molar-refractivity contribution is 7.10. The van der Waals surface area contributed by atoms with Gasteiger partial charge in [0.2, 0.25) is 0 Å². The zero-order valence-electron chi connectivity index (χ0n) is 12.5. The van der Waals surface area contributed by atoms with Crippen molar-refractivity contribution in [2.24, 2.45) is 0 Å². The molecule has 0 bridgehead atoms. The van der Waals surface area contributed by atoms with Crippen LogP contribution in [-0.2, 0) is 0 Å². The Morgan fingerprint density at radius 2 is 1.82 bits per heavy atom. The molecule has 0 radical (unpaired) electrons. The van der Waals surface area contributed by atoms with E-state index in [1.807, 2.05) is 17.4 Å². The number of hydrogen-bond acceptors (Lipinski definition) is 4. The van der Waals surface area contributed by atoms with E-state index < -0.39 is 0 Å². The average molecular weight is 361 g/mol. The van der Waals surface area contributed by atoms with E-state index >= 15 is 0 Å². The van der Waals surface area contributed by atoms with Crippen LogP contribution in [0.3, 0.4) is 0 Å². The van der Waals surface area contributed by atoms with Crippen molar-refractivity contribution in [1.82, 2.24) is 10.2 Å². The van der Waals surface area contributed by atoms with Gasteiger partial charge in [-0.15, -0.1) is 36.2 Å². The van der Waals surface area contributed by atoms with Crippen LogP contribution >= 0.6 is 36.2 Å². The number of rotatable bonds is 4. The lowest BCUT2D eigenvalue weighted by atomic mass is 10.0. The highest BCUT2D eigenvalue weighted by Gasteiger charge is 2.26. The molecule has 122 valence electrons. The number of halogens is 2. The SMILES string of the molecule is COc1ccccc1[C@H](c1cccs1)N1CCNCC1.Cl.Cl. The fourth-order valence-corrected chi connectivity index (χ4v) is 3.69. The van der Waals surface area contributed by atoms with Crippen molar-refractivity contribution in [2.75, 3.05) is 33.3 Å². The van der Waals surface area contributed by atoms with Crippen molar-refractivity contribution in [2.45, 2.75) is 6.04 Å². The summed E-state index contributed by atoms with van der Waals surface area (Å²) in [6.45, 7) is 4.25. The molecule has 22 heavy (non-hydrogen) atoms. The van der Waals surface area contributed by atoms with Gasteiger partial charge in [-0.05, 0) is 17.5 Å². The monoisotopic (exact) mass is 360 g/mol. The first-order valence-electron chi connectivity index (χ1n) is 7.01. The molecule has 6 heteroatoms. The van der Waals surface area contributed by atoms with E-state index in [9.17, 15) is 0 Å². The molecule has 1 fully saturated rings. The second-order valence-corrected chi connectivity index (χ2v) is 5.93. The molecule has 1 aliphatic rings. The molecular formula is C16H22Cl2N2OS. The van der Waals surface area contributed by atoms with Crippen molar-refractivity contribution >= 4 is 36.2 Å². The predicted molar refractivity (Wildman–Crippen MR) is 98.1 cm³/mol. The lowest BCUT2D eigenvalue weighted by Crippen LogP contribution is -2.45. The van der Waals surface area contributed by atoms with E-state index in [0.717, 1.165) is 31.9 Å². The standard InChI is InChI=1S/C16H20N2OS.2ClH/c1-19-14-6-3-2-5-13(14)16(15-7-4-12-20-15)18-10-8-17-9-11-18;;/h2-7,12,16-17H,8-11H2,1H3;2*1H/t16-;;/m1../s1. The van der Waals surface area contributed by atoms with Gasteiger partial charge in [0.1, 0.15) is 5.75 Å². The molecule has 0 spiro atoms. The van der Waals surface area contributed by atoms with Gasteiger partial charge >= 0.3 is 0 Å². The summed E-state index contributed by atoms with van der Waals surface area (Å²) in [5.74, 6) is 0.976. The third kappa shape index (κ3) is 4.15. The first-order chi connectivity index (χ1) is 9.90. The van der Waals surface area contributed by atoms with E-state index in [0.29, 0.717) is 6.04 Å². The number of piperazine rings is 1. The van der Waals surface area contributed by atoms with Gasteiger partial charge in [-0.25, -0.2) is 0 Å². The topological polar surface area (TPSA) is 24.5 Å². The van der Waals surface area contributed by atoms with Crippen molar-refractivity contribution in [3.63, 3.8) is 0 Å². The van der Waals surface area contributed by atoms with Gasteiger partial charge < -0.3 is 10.1 Å². The number of thiophene rings is 1. The van der Waals surface area contributed by atoms with Crippen LogP contribution in [-0.4, -0.2) is 38.2 Å². The smallest absolute Gasteiger partial charge is 0.124 e. The number of para-hydroxylation sites is 1. The van der Waals surface area contributed by atoms with Crippen LogP contribution in [0.4, 0.5) is 0 Å². The molecule has 1 saturated heterocycles. The maximum atomic E-state index is 5.58. The van der Waals surface area contributed by atoms with E-state index in [1.165, 1.54) is 10.4 Å². The Hall–Kier alpha value is -0.780. The second kappa shape index (κ2) is 9.38. The van der Waals surface area contributed by atoms with E-state index in [4.69, 9.17) is 4.74 Å². The molecule has 1 N–H and O–H groups in total. The quantitative estimate of drug-likeness (QED) is 0.901. The molecule has 1 aromatic carbocycles. The van der Waals surface area contributed by atoms with Crippen LogP contribution in [0.25, 0.3) is 0 Å². The van der Waals surface area contributed by atoms with Crippen LogP contribution in [0.5, 0.6) is 5.75 Å². The fourth-order valence-electron chi connectivity index (χ4n) is 2.81. The van der Waals surface area contributed by atoms with Crippen LogP contribution in [0.15, 0.2) is 41.8 Å². The molecule has 3 rings (SSSR count). The first-order valence-corrected chi connectivity index (χ1v) is 7.89. The molecule has 2 heterocycles. The lowest BCUT2D eigenvalue weighted by Gasteiger charge is -2.35. The lowest BCUT2D eigenvalue weighted by molar-refractivity contribution is 0.197. The van der Waals surface area contributed by atoms with E-state index in [2.05, 4.69) is 45.9 Å². The Morgan fingerprint density at radius 3 is 2.45 bits per heavy atom. The Balaban J connectivity index is 0.00000121. The number of hydrogen-bond donors (Lipinski definition) is 1. The zero-order valence-corrected chi connectivity index (χ0v) is 15.0. The minimum atomic E-state index is 0. The number of ether oxygens (including phenoxy) is 1. The number of methoxy groups -OCH3 is 1. The normalized spacial score (nSPS) is 16.2. The minimum Gasteiger partial charge on any atom is -0.496 e. The van der Waals surface area contributed by atoms with Gasteiger partial charge in [-0.2, -0.15) is 0 Å². The molecule has 0 amide bonds. The largest absolute Gasteiger partial charge is 0.496 e. The number of benzene rings is 1. The maximum absolute atomic E-state index is 5.58. The van der Waals surface area contributed by atoms with Crippen molar-refractivity contribution in [3.8, 4) is 5.75 Å². The number of nitrogens with zero attached hydrogens (tertiary/aromatic N) is 1. The van der Waals surface area contributed by atoms with Crippen LogP contribution in [0.2, 0.25) is 0 Å². The van der Waals surface area contributed by atoms with E-state index in [-0.39, 0.29) is 24.8 Å². The predicted octanol–water partition coefficient (Wildman–Crippen LogP) is 3.59. The van der Waals surface area contributed by atoms with Crippen LogP contribution in [0.1, 0.15) is 16.5 Å². The zero-order chi connectivity index (χ0) is 13.8. The summed E-state index contributed by atoms with van der Waals surface area (Å²) in [6.07, 6.45) is 0. The van der Waals surface area contributed by atoms with Gasteiger partial charge in [0.25, 0.3) is 0 Å². The molecule has 1 atom stereocenters. The maximum Gasteiger partial charge on any atom is 0.124 e. The number of nitrogens with one attached hydrogen (secondary N) is 1. The third-order valence-corrected chi connectivity index (χ3v) is 4.69. The van der Waals surface area contributed by atoms with Gasteiger partial charge in [0.05, 0.1) is 13.2 Å². The molecule has 1 aliphatic heterocycles. The first kappa shape index (κ1) is 19.3. The van der Waals surface area contributed by atoms with Crippen molar-refractivity contribution in [3.05, 3.63) is 52.2 Å². The van der Waals surface area contributed by atoms with Gasteiger partial charge in [0.15, 0.2) is 0 Å². The Bertz CT molecular complexity index is 545. The molecule has 3 nitrogen and oxygen atoms in total. The van der Waals surface area contributed by atoms with Gasteiger partial charge in [-0.1, -0.05) is 24.3 Å². The summed E-state index contributed by atoms with van der Waals surface area (Å²) in [7, 11) is 1.75. The minimum absolute atomic E-state index is 0. The fraction of sp³-hybridized carbons (Fsp3) is 0.375. The van der Waals surface area contributed by atoms with Crippen molar-refractivity contribution < 1.29 is 4.74 Å². The van der Waals surface area contributed by atoms with Crippen LogP contribution in [0, 0.1) is 0 Å². The summed E-state index contributed by atoms with van der Waals surface area (Å²) in [6, 6.07) is 13.0. The van der Waals surface area contributed by atoms with Crippen LogP contribution < -0.4 is 10.1 Å². The molecule has 1 aromatic heterocycles. The Labute approximate surface area is 148 Å². The van der Waals surface area contributed by atoms with Gasteiger partial charge in [-0.3, -0.25) is 4.90 Å².